The first-order chi connectivity index (χ1) is 6.88. The second kappa shape index (κ2) is 4.55. The van der Waals surface area contributed by atoms with Crippen molar-refractivity contribution in [3.05, 3.63) is 11.8 Å². The molecule has 0 aliphatic carbocycles. The molecule has 0 saturated carbocycles. The normalized spacial score (nSPS) is 18.1. The zero-order valence-corrected chi connectivity index (χ0v) is 9.75. The van der Waals surface area contributed by atoms with Crippen LogP contribution in [0.15, 0.2) is 11.8 Å². The molecule has 0 aromatic rings. The van der Waals surface area contributed by atoms with Gasteiger partial charge in [0.15, 0.2) is 0 Å². The lowest BCUT2D eigenvalue weighted by Crippen LogP contribution is -2.37. The van der Waals surface area contributed by atoms with Gasteiger partial charge in [-0.1, -0.05) is 0 Å². The lowest BCUT2D eigenvalue weighted by molar-refractivity contribution is 0.0273. The van der Waals surface area contributed by atoms with Gasteiger partial charge in [-0.05, 0) is 39.7 Å². The maximum absolute atomic E-state index is 11.7. The SMILES string of the molecule is CC(C)(C)OC(=O)N1CC=C(N)CCC1. The number of carbonyl (C=O) groups excluding carboxylic acids is 1. The van der Waals surface area contributed by atoms with Crippen molar-refractivity contribution in [2.45, 2.75) is 39.2 Å². The van der Waals surface area contributed by atoms with Gasteiger partial charge in [0.25, 0.3) is 0 Å². The van der Waals surface area contributed by atoms with Crippen LogP contribution in [0.25, 0.3) is 0 Å². The fraction of sp³-hybridized carbons (Fsp3) is 0.727. The summed E-state index contributed by atoms with van der Waals surface area (Å²) >= 11 is 0. The van der Waals surface area contributed by atoms with E-state index in [2.05, 4.69) is 0 Å². The molecule has 0 saturated heterocycles. The molecule has 0 atom stereocenters. The van der Waals surface area contributed by atoms with Gasteiger partial charge in [-0.3, -0.25) is 0 Å². The monoisotopic (exact) mass is 212 g/mol. The van der Waals surface area contributed by atoms with Crippen LogP contribution in [0.1, 0.15) is 33.6 Å². The molecule has 0 spiro atoms. The van der Waals surface area contributed by atoms with Gasteiger partial charge in [-0.15, -0.1) is 0 Å². The third kappa shape index (κ3) is 4.23. The Morgan fingerprint density at radius 3 is 2.80 bits per heavy atom. The molecule has 86 valence electrons. The molecule has 0 bridgehead atoms. The fourth-order valence-corrected chi connectivity index (χ4v) is 1.39. The van der Waals surface area contributed by atoms with Crippen molar-refractivity contribution >= 4 is 6.09 Å². The maximum Gasteiger partial charge on any atom is 0.410 e. The molecule has 1 heterocycles. The van der Waals surface area contributed by atoms with Crippen LogP contribution in [-0.2, 0) is 4.74 Å². The minimum atomic E-state index is -0.432. The lowest BCUT2D eigenvalue weighted by Gasteiger charge is -2.25. The summed E-state index contributed by atoms with van der Waals surface area (Å²) in [6, 6.07) is 0. The summed E-state index contributed by atoms with van der Waals surface area (Å²) in [6.45, 7) is 6.87. The Hall–Kier alpha value is -1.19. The molecule has 4 heteroatoms. The molecule has 15 heavy (non-hydrogen) atoms. The van der Waals surface area contributed by atoms with Crippen molar-refractivity contribution in [1.82, 2.24) is 4.90 Å². The average Bonchev–Trinajstić information content (AvgIpc) is 2.26. The van der Waals surface area contributed by atoms with E-state index in [-0.39, 0.29) is 6.09 Å². The van der Waals surface area contributed by atoms with E-state index < -0.39 is 5.60 Å². The second-order valence-corrected chi connectivity index (χ2v) is 4.81. The van der Waals surface area contributed by atoms with E-state index in [9.17, 15) is 4.79 Å². The van der Waals surface area contributed by atoms with Crippen LogP contribution in [-0.4, -0.2) is 29.7 Å². The molecular formula is C11H20N2O2. The van der Waals surface area contributed by atoms with Crippen molar-refractivity contribution in [2.24, 2.45) is 5.73 Å². The van der Waals surface area contributed by atoms with Crippen LogP contribution < -0.4 is 5.73 Å². The van der Waals surface area contributed by atoms with E-state index in [1.54, 1.807) is 4.90 Å². The quantitative estimate of drug-likeness (QED) is 0.666. The maximum atomic E-state index is 11.7. The molecule has 2 N–H and O–H groups in total. The van der Waals surface area contributed by atoms with Gasteiger partial charge in [0.2, 0.25) is 0 Å². The molecule has 1 aliphatic rings. The van der Waals surface area contributed by atoms with Gasteiger partial charge in [-0.2, -0.15) is 0 Å². The molecule has 0 unspecified atom stereocenters. The highest BCUT2D eigenvalue weighted by atomic mass is 16.6. The Balaban J connectivity index is 2.53. The van der Waals surface area contributed by atoms with Gasteiger partial charge < -0.3 is 15.4 Å². The molecule has 0 radical (unpaired) electrons. The number of ether oxygens (including phenoxy) is 1. The Labute approximate surface area is 91.1 Å². The summed E-state index contributed by atoms with van der Waals surface area (Å²) < 4.78 is 5.28. The highest BCUT2D eigenvalue weighted by Gasteiger charge is 2.22. The van der Waals surface area contributed by atoms with Crippen molar-refractivity contribution in [3.8, 4) is 0 Å². The van der Waals surface area contributed by atoms with Crippen LogP contribution in [0.5, 0.6) is 0 Å². The van der Waals surface area contributed by atoms with E-state index in [1.807, 2.05) is 26.8 Å². The summed E-state index contributed by atoms with van der Waals surface area (Å²) in [5.41, 5.74) is 6.14. The van der Waals surface area contributed by atoms with Crippen molar-refractivity contribution in [3.63, 3.8) is 0 Å². The first kappa shape index (κ1) is 11.9. The van der Waals surface area contributed by atoms with Crippen molar-refractivity contribution < 1.29 is 9.53 Å². The summed E-state index contributed by atoms with van der Waals surface area (Å²) in [5, 5.41) is 0. The van der Waals surface area contributed by atoms with Crippen molar-refractivity contribution in [2.75, 3.05) is 13.1 Å². The largest absolute Gasteiger partial charge is 0.444 e. The topological polar surface area (TPSA) is 55.6 Å². The highest BCUT2D eigenvalue weighted by Crippen LogP contribution is 2.13. The van der Waals surface area contributed by atoms with Crippen LogP contribution in [0.4, 0.5) is 4.79 Å². The number of hydrogen-bond donors (Lipinski definition) is 1. The molecular weight excluding hydrogens is 192 g/mol. The lowest BCUT2D eigenvalue weighted by atomic mass is 10.2. The Morgan fingerprint density at radius 2 is 2.20 bits per heavy atom. The summed E-state index contributed by atoms with van der Waals surface area (Å²) in [5.74, 6) is 0. The fourth-order valence-electron chi connectivity index (χ4n) is 1.39. The van der Waals surface area contributed by atoms with E-state index in [0.717, 1.165) is 18.5 Å². The standard InChI is InChI=1S/C11H20N2O2/c1-11(2,3)15-10(14)13-7-4-5-9(12)6-8-13/h6H,4-5,7-8,12H2,1-3H3. The predicted molar refractivity (Wildman–Crippen MR) is 59.3 cm³/mol. The summed E-state index contributed by atoms with van der Waals surface area (Å²) in [4.78, 5) is 13.4. The van der Waals surface area contributed by atoms with Crippen LogP contribution in [0, 0.1) is 0 Å². The molecule has 4 nitrogen and oxygen atoms in total. The average molecular weight is 212 g/mol. The minimum Gasteiger partial charge on any atom is -0.444 e. The number of amides is 1. The molecule has 1 rings (SSSR count). The summed E-state index contributed by atoms with van der Waals surface area (Å²) in [6.07, 6.45) is 3.39. The Kier molecular flexibility index (Phi) is 3.61. The third-order valence-electron chi connectivity index (χ3n) is 2.12. The smallest absolute Gasteiger partial charge is 0.410 e. The van der Waals surface area contributed by atoms with E-state index in [4.69, 9.17) is 10.5 Å². The number of carbonyl (C=O) groups is 1. The highest BCUT2D eigenvalue weighted by molar-refractivity contribution is 5.68. The third-order valence-corrected chi connectivity index (χ3v) is 2.12. The number of nitrogens with two attached hydrogens (primary N) is 1. The van der Waals surface area contributed by atoms with E-state index in [1.165, 1.54) is 0 Å². The van der Waals surface area contributed by atoms with Gasteiger partial charge in [0.05, 0.1) is 0 Å². The Morgan fingerprint density at radius 1 is 1.53 bits per heavy atom. The van der Waals surface area contributed by atoms with Crippen LogP contribution >= 0.6 is 0 Å². The number of rotatable bonds is 0. The van der Waals surface area contributed by atoms with Gasteiger partial charge in [-0.25, -0.2) is 4.79 Å². The minimum absolute atomic E-state index is 0.256. The predicted octanol–water partition coefficient (Wildman–Crippen LogP) is 1.86. The molecule has 1 aliphatic heterocycles. The van der Waals surface area contributed by atoms with E-state index in [0.29, 0.717) is 13.1 Å². The Bertz CT molecular complexity index is 266. The van der Waals surface area contributed by atoms with Gasteiger partial charge in [0, 0.05) is 18.8 Å². The van der Waals surface area contributed by atoms with Gasteiger partial charge >= 0.3 is 6.09 Å². The number of hydrogen-bond acceptors (Lipinski definition) is 3. The number of nitrogens with zero attached hydrogens (tertiary/aromatic N) is 1. The van der Waals surface area contributed by atoms with Gasteiger partial charge in [0.1, 0.15) is 5.60 Å². The second-order valence-electron chi connectivity index (χ2n) is 4.81. The van der Waals surface area contributed by atoms with Crippen LogP contribution in [0.3, 0.4) is 0 Å². The molecule has 0 fully saturated rings. The zero-order chi connectivity index (χ0) is 11.5. The zero-order valence-electron chi connectivity index (χ0n) is 9.75. The molecule has 1 amide bonds. The van der Waals surface area contributed by atoms with Crippen molar-refractivity contribution in [1.29, 1.82) is 0 Å². The summed E-state index contributed by atoms with van der Waals surface area (Å²) in [7, 11) is 0. The van der Waals surface area contributed by atoms with E-state index >= 15 is 0 Å². The molecule has 0 aromatic heterocycles. The first-order valence-corrected chi connectivity index (χ1v) is 5.31. The first-order valence-electron chi connectivity index (χ1n) is 5.31. The number of allylic oxidation sites excluding steroid dienone is 1. The van der Waals surface area contributed by atoms with Crippen LogP contribution in [0.2, 0.25) is 0 Å². The molecule has 0 aromatic carbocycles.